The lowest BCUT2D eigenvalue weighted by Crippen LogP contribution is -2.48. The molecule has 0 unspecified atom stereocenters. The first kappa shape index (κ1) is 27.4. The Hall–Kier alpha value is -4.18. The van der Waals surface area contributed by atoms with Gasteiger partial charge in [-0.15, -0.1) is 10.2 Å². The fourth-order valence-corrected chi connectivity index (χ4v) is 5.15. The van der Waals surface area contributed by atoms with Gasteiger partial charge in [0, 0.05) is 49.4 Å². The van der Waals surface area contributed by atoms with Crippen LogP contribution in [0.5, 0.6) is 0 Å². The number of piperazine rings is 1. The lowest BCUT2D eigenvalue weighted by Gasteiger charge is -2.32. The van der Waals surface area contributed by atoms with Crippen molar-refractivity contribution in [2.45, 2.75) is 46.1 Å². The third-order valence-electron chi connectivity index (χ3n) is 7.61. The molecule has 1 N–H and O–H groups in total. The fourth-order valence-electron chi connectivity index (χ4n) is 5.15. The molecule has 208 valence electrons. The molecule has 0 spiro atoms. The number of aryl methyl sites for hydroxylation is 2. The maximum atomic E-state index is 13.8. The lowest BCUT2D eigenvalue weighted by atomic mass is 9.98. The second kappa shape index (κ2) is 12.3. The van der Waals surface area contributed by atoms with Gasteiger partial charge in [0.1, 0.15) is 5.82 Å². The SMILES string of the molecule is CCCCc1nc(C)c(CC(=O)N2CCN(C)CC2)c(=O)n1Cc1ccc(-c2ccccc2-c2nn[nH]n2)cc1. The number of benzene rings is 2. The Labute approximate surface area is 234 Å². The Balaban J connectivity index is 1.42. The molecule has 10 heteroatoms. The molecule has 0 saturated carbocycles. The number of hydrogen-bond donors (Lipinski definition) is 1. The van der Waals surface area contributed by atoms with E-state index in [-0.39, 0.29) is 17.9 Å². The molecule has 0 atom stereocenters. The number of rotatable bonds is 9. The number of amides is 1. The zero-order valence-corrected chi connectivity index (χ0v) is 23.4. The molecule has 1 aliphatic heterocycles. The van der Waals surface area contributed by atoms with Crippen LogP contribution in [0.1, 0.15) is 42.4 Å². The first-order valence-electron chi connectivity index (χ1n) is 13.9. The van der Waals surface area contributed by atoms with Gasteiger partial charge in [-0.2, -0.15) is 5.21 Å². The van der Waals surface area contributed by atoms with Gasteiger partial charge in [0.15, 0.2) is 0 Å². The number of nitrogens with one attached hydrogen (secondary N) is 1. The molecular formula is C30H36N8O2. The van der Waals surface area contributed by atoms with Crippen LogP contribution in [0.3, 0.4) is 0 Å². The Bertz CT molecular complexity index is 1500. The highest BCUT2D eigenvalue weighted by molar-refractivity contribution is 5.80. The van der Waals surface area contributed by atoms with Crippen molar-refractivity contribution in [2.24, 2.45) is 0 Å². The normalized spacial score (nSPS) is 14.0. The molecule has 4 aromatic rings. The van der Waals surface area contributed by atoms with Crippen LogP contribution in [0.4, 0.5) is 0 Å². The van der Waals surface area contributed by atoms with Gasteiger partial charge < -0.3 is 9.80 Å². The van der Waals surface area contributed by atoms with E-state index in [1.807, 2.05) is 60.4 Å². The molecule has 1 aliphatic rings. The number of nitrogens with zero attached hydrogens (tertiary/aromatic N) is 7. The van der Waals surface area contributed by atoms with Crippen molar-refractivity contribution in [1.82, 2.24) is 40.0 Å². The largest absolute Gasteiger partial charge is 0.340 e. The molecule has 1 fully saturated rings. The molecule has 0 radical (unpaired) electrons. The lowest BCUT2D eigenvalue weighted by molar-refractivity contribution is -0.132. The van der Waals surface area contributed by atoms with Crippen molar-refractivity contribution in [3.63, 3.8) is 0 Å². The summed E-state index contributed by atoms with van der Waals surface area (Å²) in [7, 11) is 2.06. The van der Waals surface area contributed by atoms with Crippen LogP contribution >= 0.6 is 0 Å². The highest BCUT2D eigenvalue weighted by atomic mass is 16.2. The summed E-state index contributed by atoms with van der Waals surface area (Å²) in [4.78, 5) is 35.9. The molecular weight excluding hydrogens is 504 g/mol. The van der Waals surface area contributed by atoms with E-state index in [1.165, 1.54) is 0 Å². The van der Waals surface area contributed by atoms with Crippen LogP contribution < -0.4 is 5.56 Å². The fraction of sp³-hybridized carbons (Fsp3) is 0.400. The average Bonchev–Trinajstić information content (AvgIpc) is 3.51. The Kier molecular flexibility index (Phi) is 8.45. The van der Waals surface area contributed by atoms with Gasteiger partial charge in [-0.1, -0.05) is 61.9 Å². The van der Waals surface area contributed by atoms with Crippen molar-refractivity contribution >= 4 is 5.91 Å². The van der Waals surface area contributed by atoms with Crippen molar-refractivity contribution in [3.05, 3.63) is 81.5 Å². The zero-order chi connectivity index (χ0) is 28.1. The molecule has 3 heterocycles. The number of likely N-dealkylation sites (N-methyl/N-ethyl adjacent to an activating group) is 1. The quantitative estimate of drug-likeness (QED) is 0.347. The zero-order valence-electron chi connectivity index (χ0n) is 23.4. The van der Waals surface area contributed by atoms with E-state index in [0.717, 1.165) is 60.4 Å². The van der Waals surface area contributed by atoms with Crippen molar-refractivity contribution in [1.29, 1.82) is 0 Å². The second-order valence-electron chi connectivity index (χ2n) is 10.4. The summed E-state index contributed by atoms with van der Waals surface area (Å²) in [6, 6.07) is 16.1. The average molecular weight is 541 g/mol. The van der Waals surface area contributed by atoms with Gasteiger partial charge in [0.05, 0.1) is 13.0 Å². The van der Waals surface area contributed by atoms with E-state index >= 15 is 0 Å². The molecule has 2 aromatic carbocycles. The van der Waals surface area contributed by atoms with Crippen LogP contribution in [0, 0.1) is 6.92 Å². The van der Waals surface area contributed by atoms with Gasteiger partial charge in [-0.3, -0.25) is 14.2 Å². The topological polar surface area (TPSA) is 113 Å². The van der Waals surface area contributed by atoms with Gasteiger partial charge in [-0.05, 0) is 42.3 Å². The minimum Gasteiger partial charge on any atom is -0.340 e. The minimum atomic E-state index is -0.118. The van der Waals surface area contributed by atoms with E-state index in [2.05, 4.69) is 39.5 Å². The summed E-state index contributed by atoms with van der Waals surface area (Å²) >= 11 is 0. The third-order valence-corrected chi connectivity index (χ3v) is 7.61. The first-order valence-corrected chi connectivity index (χ1v) is 13.9. The summed E-state index contributed by atoms with van der Waals surface area (Å²) in [5, 5.41) is 14.5. The van der Waals surface area contributed by atoms with E-state index in [4.69, 9.17) is 4.98 Å². The number of carbonyl (C=O) groups excluding carboxylic acids is 1. The monoisotopic (exact) mass is 540 g/mol. The molecule has 10 nitrogen and oxygen atoms in total. The maximum Gasteiger partial charge on any atom is 0.257 e. The third kappa shape index (κ3) is 6.02. The van der Waals surface area contributed by atoms with Crippen molar-refractivity contribution in [2.75, 3.05) is 33.2 Å². The van der Waals surface area contributed by atoms with Gasteiger partial charge >= 0.3 is 0 Å². The van der Waals surface area contributed by atoms with Crippen LogP contribution in [-0.4, -0.2) is 79.1 Å². The molecule has 1 amide bonds. The number of tetrazole rings is 1. The number of hydrogen-bond acceptors (Lipinski definition) is 7. The molecule has 1 saturated heterocycles. The van der Waals surface area contributed by atoms with Gasteiger partial charge in [0.25, 0.3) is 5.56 Å². The highest BCUT2D eigenvalue weighted by Gasteiger charge is 2.23. The van der Waals surface area contributed by atoms with E-state index in [1.54, 1.807) is 4.57 Å². The summed E-state index contributed by atoms with van der Waals surface area (Å²) < 4.78 is 1.76. The summed E-state index contributed by atoms with van der Waals surface area (Å²) in [5.41, 5.74) is 4.92. The maximum absolute atomic E-state index is 13.8. The smallest absolute Gasteiger partial charge is 0.257 e. The Morgan fingerprint density at radius 2 is 1.73 bits per heavy atom. The molecule has 2 aromatic heterocycles. The molecule has 0 aliphatic carbocycles. The predicted octanol–water partition coefficient (Wildman–Crippen LogP) is 3.11. The first-order chi connectivity index (χ1) is 19.4. The standard InChI is InChI=1S/C30H36N8O2/c1-4-5-10-27-31-21(2)26(19-28(39)37-17-15-36(3)16-18-37)30(40)38(27)20-22-11-13-23(14-12-22)24-8-6-7-9-25(24)29-32-34-35-33-29/h6-9,11-14H,4-5,10,15-20H2,1-3H3,(H,32,33,34,35). The van der Waals surface area contributed by atoms with Crippen LogP contribution in [0.25, 0.3) is 22.5 Å². The predicted molar refractivity (Wildman–Crippen MR) is 154 cm³/mol. The molecule has 5 rings (SSSR count). The summed E-state index contributed by atoms with van der Waals surface area (Å²) in [6.45, 7) is 7.44. The summed E-state index contributed by atoms with van der Waals surface area (Å²) in [5.74, 6) is 1.30. The van der Waals surface area contributed by atoms with E-state index < -0.39 is 0 Å². The highest BCUT2D eigenvalue weighted by Crippen LogP contribution is 2.29. The van der Waals surface area contributed by atoms with E-state index in [9.17, 15) is 9.59 Å². The minimum absolute atomic E-state index is 0.00687. The van der Waals surface area contributed by atoms with Crippen molar-refractivity contribution in [3.8, 4) is 22.5 Å². The number of aromatic amines is 1. The number of aromatic nitrogens is 6. The second-order valence-corrected chi connectivity index (χ2v) is 10.4. The number of unbranched alkanes of at least 4 members (excludes halogenated alkanes) is 1. The Morgan fingerprint density at radius 3 is 2.40 bits per heavy atom. The van der Waals surface area contributed by atoms with Crippen LogP contribution in [0.15, 0.2) is 53.3 Å². The number of carbonyl (C=O) groups is 1. The molecule has 40 heavy (non-hydrogen) atoms. The van der Waals surface area contributed by atoms with Gasteiger partial charge in [-0.25, -0.2) is 4.98 Å². The number of H-pyrrole nitrogens is 1. The summed E-state index contributed by atoms with van der Waals surface area (Å²) in [6.07, 6.45) is 2.75. The van der Waals surface area contributed by atoms with Gasteiger partial charge in [0.2, 0.25) is 11.7 Å². The molecule has 0 bridgehead atoms. The van der Waals surface area contributed by atoms with Crippen LogP contribution in [0.2, 0.25) is 0 Å². The van der Waals surface area contributed by atoms with Crippen LogP contribution in [-0.2, 0) is 24.2 Å². The van der Waals surface area contributed by atoms with Crippen molar-refractivity contribution < 1.29 is 4.79 Å². The Morgan fingerprint density at radius 1 is 1.00 bits per heavy atom. The van der Waals surface area contributed by atoms with E-state index in [0.29, 0.717) is 36.7 Å².